The maximum atomic E-state index is 11.2. The fourth-order valence-corrected chi connectivity index (χ4v) is 2.50. The third-order valence-electron chi connectivity index (χ3n) is 2.00. The molecule has 1 aliphatic heterocycles. The molecule has 1 unspecified atom stereocenters. The summed E-state index contributed by atoms with van der Waals surface area (Å²) >= 11 is 3.32. The van der Waals surface area contributed by atoms with Crippen LogP contribution in [0.1, 0.15) is 12.8 Å². The summed E-state index contributed by atoms with van der Waals surface area (Å²) in [6.45, 7) is 1.00. The lowest BCUT2D eigenvalue weighted by Crippen LogP contribution is -2.27. The van der Waals surface area contributed by atoms with Crippen molar-refractivity contribution in [1.29, 1.82) is 0 Å². The summed E-state index contributed by atoms with van der Waals surface area (Å²) in [6, 6.07) is 0. The number of rotatable bonds is 4. The Morgan fingerprint density at radius 2 is 2.21 bits per heavy atom. The predicted molar refractivity (Wildman–Crippen MR) is 54.9 cm³/mol. The molecule has 14 heavy (non-hydrogen) atoms. The second-order valence-electron chi connectivity index (χ2n) is 3.28. The summed E-state index contributed by atoms with van der Waals surface area (Å²) in [7, 11) is -3.90. The minimum Gasteiger partial charge on any atom is -0.341 e. The fourth-order valence-electron chi connectivity index (χ4n) is 1.38. The highest BCUT2D eigenvalue weighted by Crippen LogP contribution is 2.17. The first-order chi connectivity index (χ1) is 6.38. The number of halogens is 1. The fraction of sp³-hybridized carbons (Fsp3) is 0.857. The van der Waals surface area contributed by atoms with Crippen LogP contribution in [0.3, 0.4) is 0 Å². The third kappa shape index (κ3) is 3.93. The minimum absolute atomic E-state index is 0.0298. The molecular weight excluding hydrogens is 274 g/mol. The monoisotopic (exact) mass is 285 g/mol. The highest BCUT2D eigenvalue weighted by Gasteiger charge is 2.27. The van der Waals surface area contributed by atoms with E-state index in [4.69, 9.17) is 4.55 Å². The molecule has 0 spiro atoms. The summed E-state index contributed by atoms with van der Waals surface area (Å²) in [5, 5.41) is 0. The lowest BCUT2D eigenvalue weighted by Gasteiger charge is -2.14. The molecule has 7 heteroatoms. The van der Waals surface area contributed by atoms with E-state index >= 15 is 0 Å². The molecule has 0 bridgehead atoms. The molecule has 1 heterocycles. The Morgan fingerprint density at radius 3 is 2.64 bits per heavy atom. The summed E-state index contributed by atoms with van der Waals surface area (Å²) in [6.07, 6.45) is 0.746. The van der Waals surface area contributed by atoms with Crippen LogP contribution in [-0.2, 0) is 14.9 Å². The zero-order valence-corrected chi connectivity index (χ0v) is 9.92. The first-order valence-electron chi connectivity index (χ1n) is 4.25. The van der Waals surface area contributed by atoms with Crippen LogP contribution in [0.25, 0.3) is 0 Å². The number of alkyl halides is 1. The van der Waals surface area contributed by atoms with Crippen LogP contribution in [0.15, 0.2) is 0 Å². The van der Waals surface area contributed by atoms with Gasteiger partial charge in [0.05, 0.1) is 5.75 Å². The van der Waals surface area contributed by atoms with E-state index in [9.17, 15) is 13.2 Å². The van der Waals surface area contributed by atoms with Gasteiger partial charge in [-0.2, -0.15) is 8.42 Å². The van der Waals surface area contributed by atoms with Crippen molar-refractivity contribution in [3.63, 3.8) is 0 Å². The lowest BCUT2D eigenvalue weighted by molar-refractivity contribution is -0.127. The predicted octanol–water partition coefficient (Wildman–Crippen LogP) is 0.260. The molecule has 0 aromatic carbocycles. The van der Waals surface area contributed by atoms with Gasteiger partial charge in [0.2, 0.25) is 5.91 Å². The molecule has 0 aromatic rings. The summed E-state index contributed by atoms with van der Waals surface area (Å²) in [4.78, 5) is 13.0. The zero-order valence-electron chi connectivity index (χ0n) is 7.52. The Labute approximate surface area is 91.3 Å². The molecule has 1 saturated heterocycles. The average Bonchev–Trinajstić information content (AvgIpc) is 2.27. The van der Waals surface area contributed by atoms with E-state index in [2.05, 4.69) is 15.9 Å². The maximum absolute atomic E-state index is 11.2. The molecule has 0 aromatic heterocycles. The SMILES string of the molecule is O=C1CC(Br)CN1CCCS(=O)(=O)O. The van der Waals surface area contributed by atoms with Crippen LogP contribution in [0.5, 0.6) is 0 Å². The topological polar surface area (TPSA) is 74.7 Å². The van der Waals surface area contributed by atoms with Gasteiger partial charge in [0.15, 0.2) is 0 Å². The second kappa shape index (κ2) is 4.59. The van der Waals surface area contributed by atoms with Crippen molar-refractivity contribution in [1.82, 2.24) is 4.90 Å². The van der Waals surface area contributed by atoms with Crippen LogP contribution in [0, 0.1) is 0 Å². The van der Waals surface area contributed by atoms with Gasteiger partial charge in [-0.15, -0.1) is 0 Å². The number of carbonyl (C=O) groups excluding carboxylic acids is 1. The van der Waals surface area contributed by atoms with Crippen LogP contribution in [-0.4, -0.2) is 47.4 Å². The van der Waals surface area contributed by atoms with E-state index in [1.807, 2.05) is 0 Å². The minimum atomic E-state index is -3.90. The van der Waals surface area contributed by atoms with Gasteiger partial charge in [-0.25, -0.2) is 0 Å². The summed E-state index contributed by atoms with van der Waals surface area (Å²) < 4.78 is 29.3. The molecule has 82 valence electrons. The molecule has 1 N–H and O–H groups in total. The normalized spacial score (nSPS) is 23.1. The maximum Gasteiger partial charge on any atom is 0.264 e. The number of hydrogen-bond donors (Lipinski definition) is 1. The van der Waals surface area contributed by atoms with Crippen molar-refractivity contribution in [3.05, 3.63) is 0 Å². The number of nitrogens with zero attached hydrogens (tertiary/aromatic N) is 1. The van der Waals surface area contributed by atoms with E-state index in [-0.39, 0.29) is 22.9 Å². The average molecular weight is 286 g/mol. The lowest BCUT2D eigenvalue weighted by atomic mass is 10.4. The van der Waals surface area contributed by atoms with E-state index in [1.54, 1.807) is 4.90 Å². The summed E-state index contributed by atoms with van der Waals surface area (Å²) in [5.41, 5.74) is 0. The number of hydrogen-bond acceptors (Lipinski definition) is 3. The van der Waals surface area contributed by atoms with Crippen molar-refractivity contribution in [2.75, 3.05) is 18.8 Å². The van der Waals surface area contributed by atoms with Crippen LogP contribution < -0.4 is 0 Å². The quantitative estimate of drug-likeness (QED) is 0.594. The number of likely N-dealkylation sites (tertiary alicyclic amines) is 1. The van der Waals surface area contributed by atoms with E-state index in [0.717, 1.165) is 0 Å². The smallest absolute Gasteiger partial charge is 0.264 e. The highest BCUT2D eigenvalue weighted by molar-refractivity contribution is 9.09. The Morgan fingerprint density at radius 1 is 1.57 bits per heavy atom. The van der Waals surface area contributed by atoms with E-state index in [0.29, 0.717) is 19.5 Å². The number of carbonyl (C=O) groups is 1. The van der Waals surface area contributed by atoms with Crippen LogP contribution in [0.4, 0.5) is 0 Å². The van der Waals surface area contributed by atoms with Crippen molar-refractivity contribution >= 4 is 32.0 Å². The Bertz CT molecular complexity index is 316. The van der Waals surface area contributed by atoms with E-state index in [1.165, 1.54) is 0 Å². The van der Waals surface area contributed by atoms with Gasteiger partial charge >= 0.3 is 0 Å². The van der Waals surface area contributed by atoms with Gasteiger partial charge in [-0.1, -0.05) is 15.9 Å². The van der Waals surface area contributed by atoms with Gasteiger partial charge in [0, 0.05) is 24.3 Å². The zero-order chi connectivity index (χ0) is 10.8. The Kier molecular flexibility index (Phi) is 3.91. The second-order valence-corrected chi connectivity index (χ2v) is 6.15. The standard InChI is InChI=1S/C7H12BrNO4S/c8-6-4-7(10)9(5-6)2-1-3-14(11,12)13/h6H,1-5H2,(H,11,12,13). The number of amides is 1. The van der Waals surface area contributed by atoms with Crippen molar-refractivity contribution in [3.8, 4) is 0 Å². The third-order valence-corrected chi connectivity index (χ3v) is 3.42. The molecular formula is C7H12BrNO4S. The molecule has 1 aliphatic rings. The highest BCUT2D eigenvalue weighted by atomic mass is 79.9. The van der Waals surface area contributed by atoms with Crippen molar-refractivity contribution in [2.24, 2.45) is 0 Å². The Balaban J connectivity index is 2.29. The molecule has 1 amide bonds. The first-order valence-corrected chi connectivity index (χ1v) is 6.78. The first kappa shape index (κ1) is 11.9. The van der Waals surface area contributed by atoms with Crippen molar-refractivity contribution in [2.45, 2.75) is 17.7 Å². The van der Waals surface area contributed by atoms with E-state index < -0.39 is 10.1 Å². The molecule has 1 fully saturated rings. The molecule has 1 rings (SSSR count). The largest absolute Gasteiger partial charge is 0.341 e. The molecule has 0 aliphatic carbocycles. The van der Waals surface area contributed by atoms with Gasteiger partial charge in [-0.3, -0.25) is 9.35 Å². The van der Waals surface area contributed by atoms with Crippen LogP contribution >= 0.6 is 15.9 Å². The molecule has 0 radical (unpaired) electrons. The molecule has 5 nitrogen and oxygen atoms in total. The molecule has 1 atom stereocenters. The Hall–Kier alpha value is -0.140. The molecule has 0 saturated carbocycles. The van der Waals surface area contributed by atoms with Gasteiger partial charge in [-0.05, 0) is 6.42 Å². The van der Waals surface area contributed by atoms with Crippen LogP contribution in [0.2, 0.25) is 0 Å². The van der Waals surface area contributed by atoms with Gasteiger partial charge in [0.25, 0.3) is 10.1 Å². The van der Waals surface area contributed by atoms with Gasteiger partial charge in [0.1, 0.15) is 0 Å². The van der Waals surface area contributed by atoms with Gasteiger partial charge < -0.3 is 4.90 Å². The summed E-state index contributed by atoms with van der Waals surface area (Å²) in [5.74, 6) is -0.258. The van der Waals surface area contributed by atoms with Crippen molar-refractivity contribution < 1.29 is 17.8 Å².